The summed E-state index contributed by atoms with van der Waals surface area (Å²) in [6.45, 7) is 6.36. The molecule has 0 unspecified atom stereocenters. The van der Waals surface area contributed by atoms with Crippen LogP contribution in [0.15, 0.2) is 48.5 Å². The lowest BCUT2D eigenvalue weighted by Crippen LogP contribution is -2.34. The summed E-state index contributed by atoms with van der Waals surface area (Å²) >= 11 is 0. The van der Waals surface area contributed by atoms with Crippen molar-refractivity contribution in [3.05, 3.63) is 70.8 Å². The second-order valence-corrected chi connectivity index (χ2v) is 6.68. The Hall–Kier alpha value is -2.62. The van der Waals surface area contributed by atoms with Crippen molar-refractivity contribution in [2.45, 2.75) is 39.2 Å². The van der Waals surface area contributed by atoms with E-state index in [2.05, 4.69) is 26.0 Å². The van der Waals surface area contributed by atoms with E-state index in [4.69, 9.17) is 4.74 Å². The number of amides is 2. The summed E-state index contributed by atoms with van der Waals surface area (Å²) in [4.78, 5) is 26.3. The minimum absolute atomic E-state index is 0.0403. The molecular formula is C21H23NO3. The molecule has 0 aromatic heterocycles. The van der Waals surface area contributed by atoms with Crippen LogP contribution in [0.5, 0.6) is 0 Å². The first-order valence-corrected chi connectivity index (χ1v) is 8.59. The van der Waals surface area contributed by atoms with Gasteiger partial charge in [-0.3, -0.25) is 4.79 Å². The van der Waals surface area contributed by atoms with Crippen LogP contribution in [0.1, 0.15) is 47.6 Å². The van der Waals surface area contributed by atoms with E-state index in [0.717, 1.165) is 5.56 Å². The summed E-state index contributed by atoms with van der Waals surface area (Å²) in [5, 5.41) is 0. The minimum Gasteiger partial charge on any atom is -0.446 e. The van der Waals surface area contributed by atoms with Crippen molar-refractivity contribution < 1.29 is 14.3 Å². The first-order chi connectivity index (χ1) is 12.0. The smallest absolute Gasteiger partial charge is 0.417 e. The summed E-state index contributed by atoms with van der Waals surface area (Å²) in [5.74, 6) is -0.148. The molecule has 4 heteroatoms. The predicted octanol–water partition coefficient (Wildman–Crippen LogP) is 4.52. The van der Waals surface area contributed by atoms with Crippen LogP contribution in [0.25, 0.3) is 0 Å². The SMILES string of the molecule is Cc1cccc(C)c1[C@@H](C)CC(=O)N1C(=O)OC[C@@H]1c1ccccc1. The maximum Gasteiger partial charge on any atom is 0.417 e. The maximum absolute atomic E-state index is 12.9. The zero-order valence-electron chi connectivity index (χ0n) is 14.9. The minimum atomic E-state index is -0.549. The number of hydrogen-bond acceptors (Lipinski definition) is 3. The van der Waals surface area contributed by atoms with E-state index < -0.39 is 6.09 Å². The molecule has 1 aliphatic rings. The second-order valence-electron chi connectivity index (χ2n) is 6.68. The van der Waals surface area contributed by atoms with Crippen molar-refractivity contribution in [1.82, 2.24) is 4.90 Å². The van der Waals surface area contributed by atoms with Crippen LogP contribution in [0.3, 0.4) is 0 Å². The summed E-state index contributed by atoms with van der Waals surface area (Å²) in [6, 6.07) is 15.3. The highest BCUT2D eigenvalue weighted by Crippen LogP contribution is 2.32. The van der Waals surface area contributed by atoms with Gasteiger partial charge in [-0.25, -0.2) is 9.69 Å². The standard InChI is InChI=1S/C21H23NO3/c1-14-8-7-9-15(2)20(14)16(3)12-19(23)22-18(13-25-21(22)24)17-10-5-4-6-11-17/h4-11,16,18H,12-13H2,1-3H3/t16-,18+/m0/s1. The molecule has 2 aromatic carbocycles. The Morgan fingerprint density at radius 1 is 1.12 bits per heavy atom. The number of imide groups is 1. The summed E-state index contributed by atoms with van der Waals surface area (Å²) in [7, 11) is 0. The van der Waals surface area contributed by atoms with E-state index in [-0.39, 0.29) is 30.9 Å². The van der Waals surface area contributed by atoms with Gasteiger partial charge in [0, 0.05) is 6.42 Å². The van der Waals surface area contributed by atoms with Gasteiger partial charge in [-0.15, -0.1) is 0 Å². The van der Waals surface area contributed by atoms with Crippen molar-refractivity contribution in [2.75, 3.05) is 6.61 Å². The van der Waals surface area contributed by atoms with Crippen LogP contribution in [0, 0.1) is 13.8 Å². The van der Waals surface area contributed by atoms with Crippen molar-refractivity contribution >= 4 is 12.0 Å². The average Bonchev–Trinajstić information content (AvgIpc) is 2.97. The molecule has 0 saturated carbocycles. The van der Waals surface area contributed by atoms with Gasteiger partial charge < -0.3 is 4.74 Å². The van der Waals surface area contributed by atoms with Crippen LogP contribution in [0.4, 0.5) is 4.79 Å². The monoisotopic (exact) mass is 337 g/mol. The molecule has 2 amide bonds. The van der Waals surface area contributed by atoms with Gasteiger partial charge in [0.25, 0.3) is 0 Å². The average molecular weight is 337 g/mol. The van der Waals surface area contributed by atoms with Crippen LogP contribution in [0.2, 0.25) is 0 Å². The molecule has 0 aliphatic carbocycles. The predicted molar refractivity (Wildman–Crippen MR) is 96.3 cm³/mol. The quantitative estimate of drug-likeness (QED) is 0.824. The molecule has 25 heavy (non-hydrogen) atoms. The first-order valence-electron chi connectivity index (χ1n) is 8.59. The van der Waals surface area contributed by atoms with Gasteiger partial charge in [0.15, 0.2) is 0 Å². The molecule has 2 aromatic rings. The highest BCUT2D eigenvalue weighted by Gasteiger charge is 2.39. The van der Waals surface area contributed by atoms with Crippen molar-refractivity contribution in [3.8, 4) is 0 Å². The van der Waals surface area contributed by atoms with E-state index in [0.29, 0.717) is 0 Å². The van der Waals surface area contributed by atoms with Gasteiger partial charge >= 0.3 is 6.09 Å². The van der Waals surface area contributed by atoms with Gasteiger partial charge in [0.2, 0.25) is 5.91 Å². The Labute approximate surface area is 148 Å². The molecule has 1 fully saturated rings. The van der Waals surface area contributed by atoms with E-state index >= 15 is 0 Å². The lowest BCUT2D eigenvalue weighted by Gasteiger charge is -2.23. The largest absolute Gasteiger partial charge is 0.446 e. The summed E-state index contributed by atoms with van der Waals surface area (Å²) in [6.07, 6.45) is -0.267. The lowest BCUT2D eigenvalue weighted by atomic mass is 9.89. The Bertz CT molecular complexity index is 765. The fraction of sp³-hybridized carbons (Fsp3) is 0.333. The third-order valence-electron chi connectivity index (χ3n) is 4.84. The first kappa shape index (κ1) is 17.2. The van der Waals surface area contributed by atoms with E-state index in [1.54, 1.807) is 0 Å². The zero-order valence-corrected chi connectivity index (χ0v) is 14.9. The molecule has 0 N–H and O–H groups in total. The molecule has 0 radical (unpaired) electrons. The number of hydrogen-bond donors (Lipinski definition) is 0. The van der Waals surface area contributed by atoms with E-state index in [9.17, 15) is 9.59 Å². The Morgan fingerprint density at radius 3 is 2.40 bits per heavy atom. The molecule has 4 nitrogen and oxygen atoms in total. The summed E-state index contributed by atoms with van der Waals surface area (Å²) in [5.41, 5.74) is 4.44. The van der Waals surface area contributed by atoms with Crippen molar-refractivity contribution in [3.63, 3.8) is 0 Å². The lowest BCUT2D eigenvalue weighted by molar-refractivity contribution is -0.129. The number of benzene rings is 2. The van der Waals surface area contributed by atoms with Gasteiger partial charge in [-0.1, -0.05) is 55.5 Å². The van der Waals surface area contributed by atoms with Crippen LogP contribution in [-0.2, 0) is 9.53 Å². The van der Waals surface area contributed by atoms with Crippen LogP contribution < -0.4 is 0 Å². The number of rotatable bonds is 4. The number of carbonyl (C=O) groups excluding carboxylic acids is 2. The van der Waals surface area contributed by atoms with Crippen molar-refractivity contribution in [2.24, 2.45) is 0 Å². The fourth-order valence-electron chi connectivity index (χ4n) is 3.68. The number of cyclic esters (lactones) is 1. The molecule has 1 saturated heterocycles. The molecule has 0 spiro atoms. The molecule has 1 aliphatic heterocycles. The number of ether oxygens (including phenoxy) is 1. The maximum atomic E-state index is 12.9. The van der Waals surface area contributed by atoms with E-state index in [1.807, 2.05) is 43.3 Å². The second kappa shape index (κ2) is 7.09. The van der Waals surface area contributed by atoms with Crippen LogP contribution >= 0.6 is 0 Å². The molecule has 3 rings (SSSR count). The van der Waals surface area contributed by atoms with Gasteiger partial charge in [0.05, 0.1) is 0 Å². The Kier molecular flexibility index (Phi) is 4.88. The number of aryl methyl sites for hydroxylation is 2. The third-order valence-corrected chi connectivity index (χ3v) is 4.84. The molecule has 2 atom stereocenters. The van der Waals surface area contributed by atoms with Gasteiger partial charge in [-0.2, -0.15) is 0 Å². The normalized spacial score (nSPS) is 18.1. The Balaban J connectivity index is 1.80. The van der Waals surface area contributed by atoms with E-state index in [1.165, 1.54) is 21.6 Å². The van der Waals surface area contributed by atoms with Crippen molar-refractivity contribution in [1.29, 1.82) is 0 Å². The Morgan fingerprint density at radius 2 is 1.76 bits per heavy atom. The zero-order chi connectivity index (χ0) is 18.0. The van der Waals surface area contributed by atoms with Crippen LogP contribution in [-0.4, -0.2) is 23.5 Å². The molecule has 130 valence electrons. The highest BCUT2D eigenvalue weighted by atomic mass is 16.6. The summed E-state index contributed by atoms with van der Waals surface area (Å²) < 4.78 is 5.15. The topological polar surface area (TPSA) is 46.6 Å². The molecular weight excluding hydrogens is 314 g/mol. The van der Waals surface area contributed by atoms with Gasteiger partial charge in [0.1, 0.15) is 12.6 Å². The molecule has 1 heterocycles. The van der Waals surface area contributed by atoms with Gasteiger partial charge in [-0.05, 0) is 42.0 Å². The molecule has 0 bridgehead atoms. The fourth-order valence-corrected chi connectivity index (χ4v) is 3.68. The number of carbonyl (C=O) groups is 2. The third kappa shape index (κ3) is 3.43. The number of nitrogens with zero attached hydrogens (tertiary/aromatic N) is 1. The highest BCUT2D eigenvalue weighted by molar-refractivity contribution is 5.94.